The first-order valence-electron chi connectivity index (χ1n) is 4.92. The van der Waals surface area contributed by atoms with E-state index in [2.05, 4.69) is 15.5 Å². The summed E-state index contributed by atoms with van der Waals surface area (Å²) in [7, 11) is 0. The summed E-state index contributed by atoms with van der Waals surface area (Å²) in [5, 5.41) is 10.2. The van der Waals surface area contributed by atoms with E-state index in [1.54, 1.807) is 0 Å². The second-order valence-corrected chi connectivity index (χ2v) is 3.83. The number of nitrogens with zero attached hydrogens (tertiary/aromatic N) is 2. The molecule has 0 saturated carbocycles. The minimum Gasteiger partial charge on any atom is -0.364 e. The number of carbonyl (C=O) groups excluding carboxylic acids is 1. The van der Waals surface area contributed by atoms with Gasteiger partial charge >= 0.3 is 0 Å². The fourth-order valence-corrected chi connectivity index (χ4v) is 1.43. The Bertz CT molecular complexity index is 588. The van der Waals surface area contributed by atoms with Gasteiger partial charge in [0.15, 0.2) is 11.5 Å². The SMILES string of the molecule is NC(=O)c1ccc(Nc2ccc(F)c(Cl)c2)nn1. The number of halogens is 2. The van der Waals surface area contributed by atoms with Gasteiger partial charge in [0.1, 0.15) is 5.82 Å². The van der Waals surface area contributed by atoms with Crippen molar-refractivity contribution in [1.29, 1.82) is 0 Å². The molecule has 1 aromatic heterocycles. The van der Waals surface area contributed by atoms with Gasteiger partial charge in [-0.3, -0.25) is 4.79 Å². The van der Waals surface area contributed by atoms with Crippen LogP contribution in [0.25, 0.3) is 0 Å². The number of aromatic nitrogens is 2. The molecule has 18 heavy (non-hydrogen) atoms. The van der Waals surface area contributed by atoms with Crippen LogP contribution in [-0.2, 0) is 0 Å². The van der Waals surface area contributed by atoms with Gasteiger partial charge in [-0.2, -0.15) is 0 Å². The van der Waals surface area contributed by atoms with Crippen molar-refractivity contribution in [2.75, 3.05) is 5.32 Å². The summed E-state index contributed by atoms with van der Waals surface area (Å²) in [5.41, 5.74) is 5.66. The number of hydrogen-bond donors (Lipinski definition) is 2. The van der Waals surface area contributed by atoms with Crippen molar-refractivity contribution < 1.29 is 9.18 Å². The number of benzene rings is 1. The quantitative estimate of drug-likeness (QED) is 0.891. The number of amides is 1. The number of rotatable bonds is 3. The van der Waals surface area contributed by atoms with Crippen LogP contribution in [-0.4, -0.2) is 16.1 Å². The van der Waals surface area contributed by atoms with Crippen LogP contribution in [0.4, 0.5) is 15.9 Å². The molecule has 0 aliphatic carbocycles. The summed E-state index contributed by atoms with van der Waals surface area (Å²) in [5.74, 6) is -0.765. The van der Waals surface area contributed by atoms with Crippen LogP contribution in [0.15, 0.2) is 30.3 Å². The van der Waals surface area contributed by atoms with Gasteiger partial charge in [0.2, 0.25) is 0 Å². The van der Waals surface area contributed by atoms with Crippen molar-refractivity contribution in [2.45, 2.75) is 0 Å². The average molecular weight is 267 g/mol. The van der Waals surface area contributed by atoms with E-state index in [4.69, 9.17) is 17.3 Å². The minimum absolute atomic E-state index is 0.00159. The van der Waals surface area contributed by atoms with E-state index >= 15 is 0 Å². The molecule has 0 spiro atoms. The Morgan fingerprint density at radius 1 is 1.28 bits per heavy atom. The topological polar surface area (TPSA) is 80.9 Å². The van der Waals surface area contributed by atoms with Crippen molar-refractivity contribution in [3.05, 3.63) is 46.9 Å². The predicted octanol–water partition coefficient (Wildman–Crippen LogP) is 2.11. The highest BCUT2D eigenvalue weighted by Crippen LogP contribution is 2.21. The van der Waals surface area contributed by atoms with Gasteiger partial charge in [0.05, 0.1) is 5.02 Å². The average Bonchev–Trinajstić information content (AvgIpc) is 2.34. The zero-order valence-corrected chi connectivity index (χ0v) is 9.78. The van der Waals surface area contributed by atoms with E-state index in [-0.39, 0.29) is 10.7 Å². The molecular weight excluding hydrogens is 259 g/mol. The molecule has 0 atom stereocenters. The lowest BCUT2D eigenvalue weighted by Gasteiger charge is -2.05. The third-order valence-electron chi connectivity index (χ3n) is 2.11. The molecule has 0 fully saturated rings. The van der Waals surface area contributed by atoms with Crippen LogP contribution >= 0.6 is 11.6 Å². The molecule has 0 unspecified atom stereocenters. The van der Waals surface area contributed by atoms with E-state index in [9.17, 15) is 9.18 Å². The lowest BCUT2D eigenvalue weighted by Crippen LogP contribution is -2.13. The largest absolute Gasteiger partial charge is 0.364 e. The molecule has 2 rings (SSSR count). The van der Waals surface area contributed by atoms with Crippen molar-refractivity contribution in [1.82, 2.24) is 10.2 Å². The molecule has 0 bridgehead atoms. The van der Waals surface area contributed by atoms with E-state index in [1.165, 1.54) is 30.3 Å². The molecule has 1 amide bonds. The summed E-state index contributed by atoms with van der Waals surface area (Å²) in [4.78, 5) is 10.8. The molecule has 0 radical (unpaired) electrons. The van der Waals surface area contributed by atoms with E-state index in [0.717, 1.165) is 0 Å². The highest BCUT2D eigenvalue weighted by molar-refractivity contribution is 6.31. The maximum Gasteiger partial charge on any atom is 0.269 e. The standard InChI is InChI=1S/C11H8ClFN4O/c12-7-5-6(1-2-8(7)13)15-10-4-3-9(11(14)18)16-17-10/h1-5H,(H2,14,18)(H,15,17). The fourth-order valence-electron chi connectivity index (χ4n) is 1.25. The fraction of sp³-hybridized carbons (Fsp3) is 0. The van der Waals surface area contributed by atoms with Crippen LogP contribution < -0.4 is 11.1 Å². The molecule has 7 heteroatoms. The molecule has 0 aliphatic heterocycles. The normalized spacial score (nSPS) is 10.1. The van der Waals surface area contributed by atoms with Crippen molar-refractivity contribution >= 4 is 29.0 Å². The Kier molecular flexibility index (Phi) is 3.38. The summed E-state index contributed by atoms with van der Waals surface area (Å²) in [6.45, 7) is 0. The second-order valence-electron chi connectivity index (χ2n) is 3.42. The monoisotopic (exact) mass is 266 g/mol. The highest BCUT2D eigenvalue weighted by Gasteiger charge is 2.04. The first-order chi connectivity index (χ1) is 8.56. The van der Waals surface area contributed by atoms with Gasteiger partial charge < -0.3 is 11.1 Å². The van der Waals surface area contributed by atoms with Crippen LogP contribution in [0.1, 0.15) is 10.5 Å². The van der Waals surface area contributed by atoms with Gasteiger partial charge in [-0.15, -0.1) is 10.2 Å². The molecule has 3 N–H and O–H groups in total. The Morgan fingerprint density at radius 2 is 2.06 bits per heavy atom. The molecule has 0 saturated heterocycles. The Hall–Kier alpha value is -2.21. The lowest BCUT2D eigenvalue weighted by molar-refractivity contribution is 0.0994. The van der Waals surface area contributed by atoms with Gasteiger partial charge in [-0.05, 0) is 30.3 Å². The number of nitrogens with two attached hydrogens (primary N) is 1. The third kappa shape index (κ3) is 2.72. The van der Waals surface area contributed by atoms with Gasteiger partial charge in [0.25, 0.3) is 5.91 Å². The number of anilines is 2. The molecule has 92 valence electrons. The van der Waals surface area contributed by atoms with Gasteiger partial charge in [-0.1, -0.05) is 11.6 Å². The highest BCUT2D eigenvalue weighted by atomic mass is 35.5. The maximum absolute atomic E-state index is 12.9. The zero-order chi connectivity index (χ0) is 13.1. The smallest absolute Gasteiger partial charge is 0.269 e. The first kappa shape index (κ1) is 12.3. The second kappa shape index (κ2) is 4.97. The summed E-state index contributed by atoms with van der Waals surface area (Å²) in [6.07, 6.45) is 0. The maximum atomic E-state index is 12.9. The molecule has 5 nitrogen and oxygen atoms in total. The first-order valence-corrected chi connectivity index (χ1v) is 5.29. The van der Waals surface area contributed by atoms with E-state index in [0.29, 0.717) is 11.5 Å². The zero-order valence-electron chi connectivity index (χ0n) is 9.02. The van der Waals surface area contributed by atoms with Crippen LogP contribution in [0.2, 0.25) is 5.02 Å². The summed E-state index contributed by atoms with van der Waals surface area (Å²) in [6, 6.07) is 7.12. The van der Waals surface area contributed by atoms with Crippen molar-refractivity contribution in [3.8, 4) is 0 Å². The summed E-state index contributed by atoms with van der Waals surface area (Å²) >= 11 is 5.63. The van der Waals surface area contributed by atoms with Crippen molar-refractivity contribution in [3.63, 3.8) is 0 Å². The molecule has 1 aromatic carbocycles. The van der Waals surface area contributed by atoms with E-state index in [1.807, 2.05) is 0 Å². The summed E-state index contributed by atoms with van der Waals surface area (Å²) < 4.78 is 12.9. The van der Waals surface area contributed by atoms with Crippen molar-refractivity contribution in [2.24, 2.45) is 5.73 Å². The Balaban J connectivity index is 2.18. The number of primary amides is 1. The van der Waals surface area contributed by atoms with Gasteiger partial charge in [-0.25, -0.2) is 4.39 Å². The predicted molar refractivity (Wildman–Crippen MR) is 65.2 cm³/mol. The van der Waals surface area contributed by atoms with E-state index < -0.39 is 11.7 Å². The van der Waals surface area contributed by atoms with Crippen LogP contribution in [0.5, 0.6) is 0 Å². The Labute approximate surface area is 107 Å². The van der Waals surface area contributed by atoms with Crippen LogP contribution in [0, 0.1) is 5.82 Å². The van der Waals surface area contributed by atoms with Gasteiger partial charge in [0, 0.05) is 5.69 Å². The molecular formula is C11H8ClFN4O. The Morgan fingerprint density at radius 3 is 2.61 bits per heavy atom. The van der Waals surface area contributed by atoms with Crippen LogP contribution in [0.3, 0.4) is 0 Å². The molecule has 1 heterocycles. The third-order valence-corrected chi connectivity index (χ3v) is 2.40. The number of nitrogens with one attached hydrogen (secondary N) is 1. The minimum atomic E-state index is -0.654. The lowest BCUT2D eigenvalue weighted by atomic mass is 10.3. The molecule has 0 aliphatic rings. The number of hydrogen-bond acceptors (Lipinski definition) is 4. The number of carbonyl (C=O) groups is 1. The molecule has 2 aromatic rings.